The Hall–Kier alpha value is -2.45. The van der Waals surface area contributed by atoms with Crippen molar-refractivity contribution in [3.8, 4) is 11.5 Å². The van der Waals surface area contributed by atoms with Crippen molar-refractivity contribution >= 4 is 50.9 Å². The minimum absolute atomic E-state index is 0.0364. The van der Waals surface area contributed by atoms with E-state index in [-0.39, 0.29) is 28.0 Å². The van der Waals surface area contributed by atoms with Crippen molar-refractivity contribution in [1.82, 2.24) is 5.32 Å². The van der Waals surface area contributed by atoms with Crippen LogP contribution in [-0.4, -0.2) is 23.2 Å². The van der Waals surface area contributed by atoms with E-state index >= 15 is 0 Å². The van der Waals surface area contributed by atoms with E-state index in [1.807, 2.05) is 0 Å². The molecule has 1 heterocycles. The summed E-state index contributed by atoms with van der Waals surface area (Å²) in [5.41, 5.74) is 0.848. The average molecular weight is 423 g/mol. The van der Waals surface area contributed by atoms with Crippen molar-refractivity contribution < 1.29 is 19.0 Å². The molecule has 5 nitrogen and oxygen atoms in total. The van der Waals surface area contributed by atoms with Gasteiger partial charge >= 0.3 is 0 Å². The number of amides is 1. The standard InChI is InChI=1S/C17H12BrFN2O3S/c1-24-15-7-9(10(18)8-14(15)22)6-12-16(23)21(17(25)20-12)13-5-3-2-4-11(13)19/h2-8,22H,1H3,(H,20,25)/b12-6-. The number of hydrogen-bond donors (Lipinski definition) is 2. The second-order valence-corrected chi connectivity index (χ2v) is 6.37. The maximum Gasteiger partial charge on any atom is 0.281 e. The lowest BCUT2D eigenvalue weighted by atomic mass is 10.1. The number of halogens is 2. The molecule has 1 aliphatic rings. The summed E-state index contributed by atoms with van der Waals surface area (Å²) in [5.74, 6) is -0.803. The second-order valence-electron chi connectivity index (χ2n) is 5.13. The lowest BCUT2D eigenvalue weighted by Gasteiger charge is -2.14. The van der Waals surface area contributed by atoms with Crippen molar-refractivity contribution in [3.63, 3.8) is 0 Å². The summed E-state index contributed by atoms with van der Waals surface area (Å²) < 4.78 is 19.6. The summed E-state index contributed by atoms with van der Waals surface area (Å²) in [4.78, 5) is 13.7. The van der Waals surface area contributed by atoms with Crippen LogP contribution in [0.15, 0.2) is 46.6 Å². The first-order valence-corrected chi connectivity index (χ1v) is 8.30. The van der Waals surface area contributed by atoms with Crippen molar-refractivity contribution in [3.05, 3.63) is 57.9 Å². The fourth-order valence-corrected chi connectivity index (χ4v) is 3.11. The van der Waals surface area contributed by atoms with Gasteiger partial charge in [-0.2, -0.15) is 0 Å². The quantitative estimate of drug-likeness (QED) is 0.584. The number of aromatic hydroxyl groups is 1. The molecule has 25 heavy (non-hydrogen) atoms. The molecule has 0 spiro atoms. The topological polar surface area (TPSA) is 61.8 Å². The van der Waals surface area contributed by atoms with Crippen molar-refractivity contribution in [2.45, 2.75) is 0 Å². The fraction of sp³-hybridized carbons (Fsp3) is 0.0588. The summed E-state index contributed by atoms with van der Waals surface area (Å²) in [6.07, 6.45) is 1.54. The molecule has 2 aromatic rings. The Kier molecular flexibility index (Phi) is 4.73. The van der Waals surface area contributed by atoms with E-state index in [9.17, 15) is 14.3 Å². The zero-order valence-corrected chi connectivity index (χ0v) is 15.3. The minimum atomic E-state index is -0.547. The molecule has 8 heteroatoms. The number of benzene rings is 2. The predicted octanol–water partition coefficient (Wildman–Crippen LogP) is 3.56. The lowest BCUT2D eigenvalue weighted by molar-refractivity contribution is -0.113. The van der Waals surface area contributed by atoms with E-state index in [0.29, 0.717) is 10.0 Å². The molecule has 0 bridgehead atoms. The van der Waals surface area contributed by atoms with Gasteiger partial charge in [-0.1, -0.05) is 28.1 Å². The van der Waals surface area contributed by atoms with E-state index in [1.54, 1.807) is 18.2 Å². The highest BCUT2D eigenvalue weighted by Crippen LogP contribution is 2.34. The SMILES string of the molecule is COc1cc(/C=C2\NC(=S)N(c3ccccc3F)C2=O)c(Br)cc1O. The Balaban J connectivity index is 2.00. The fourth-order valence-electron chi connectivity index (χ4n) is 2.38. The molecule has 2 aromatic carbocycles. The van der Waals surface area contributed by atoms with Gasteiger partial charge in [0, 0.05) is 4.47 Å². The summed E-state index contributed by atoms with van der Waals surface area (Å²) in [5, 5.41) is 12.6. The van der Waals surface area contributed by atoms with Crippen LogP contribution in [0.25, 0.3) is 6.08 Å². The van der Waals surface area contributed by atoms with Crippen LogP contribution in [0.5, 0.6) is 11.5 Å². The molecule has 1 fully saturated rings. The first-order valence-electron chi connectivity index (χ1n) is 7.10. The van der Waals surface area contributed by atoms with Gasteiger partial charge in [0.1, 0.15) is 11.5 Å². The minimum Gasteiger partial charge on any atom is -0.504 e. The number of carbonyl (C=O) groups excluding carboxylic acids is 1. The number of thiocarbonyl (C=S) groups is 1. The summed E-state index contributed by atoms with van der Waals surface area (Å²) in [6, 6.07) is 8.91. The largest absolute Gasteiger partial charge is 0.504 e. The maximum absolute atomic E-state index is 14.0. The molecule has 1 amide bonds. The average Bonchev–Trinajstić information content (AvgIpc) is 2.84. The third-order valence-electron chi connectivity index (χ3n) is 3.57. The number of ether oxygens (including phenoxy) is 1. The van der Waals surface area contributed by atoms with Crippen LogP contribution in [0.2, 0.25) is 0 Å². The lowest BCUT2D eigenvalue weighted by Crippen LogP contribution is -2.31. The second kappa shape index (κ2) is 6.81. The van der Waals surface area contributed by atoms with E-state index in [1.165, 1.54) is 31.4 Å². The van der Waals surface area contributed by atoms with Gasteiger partial charge in [0.15, 0.2) is 16.6 Å². The number of nitrogens with one attached hydrogen (secondary N) is 1. The smallest absolute Gasteiger partial charge is 0.281 e. The molecular formula is C17H12BrFN2O3S. The van der Waals surface area contributed by atoms with E-state index in [2.05, 4.69) is 21.2 Å². The number of rotatable bonds is 3. The Bertz CT molecular complexity index is 917. The van der Waals surface area contributed by atoms with Gasteiger partial charge in [-0.25, -0.2) is 9.29 Å². The molecule has 1 aliphatic heterocycles. The summed E-state index contributed by atoms with van der Waals surface area (Å²) in [7, 11) is 1.42. The van der Waals surface area contributed by atoms with Crippen LogP contribution in [0, 0.1) is 5.82 Å². The zero-order valence-electron chi connectivity index (χ0n) is 12.9. The Morgan fingerprint density at radius 3 is 2.76 bits per heavy atom. The van der Waals surface area contributed by atoms with Crippen LogP contribution in [0.4, 0.5) is 10.1 Å². The van der Waals surface area contributed by atoms with Gasteiger partial charge in [-0.05, 0) is 48.1 Å². The van der Waals surface area contributed by atoms with E-state index in [4.69, 9.17) is 17.0 Å². The van der Waals surface area contributed by atoms with Gasteiger partial charge in [-0.3, -0.25) is 4.79 Å². The van der Waals surface area contributed by atoms with E-state index < -0.39 is 11.7 Å². The van der Waals surface area contributed by atoms with Crippen molar-refractivity contribution in [2.24, 2.45) is 0 Å². The first kappa shape index (κ1) is 17.4. The Morgan fingerprint density at radius 2 is 2.08 bits per heavy atom. The third kappa shape index (κ3) is 3.22. The van der Waals surface area contributed by atoms with Gasteiger partial charge < -0.3 is 15.2 Å². The molecule has 0 aromatic heterocycles. The molecule has 128 valence electrons. The normalized spacial score (nSPS) is 15.6. The van der Waals surface area contributed by atoms with Gasteiger partial charge in [0.25, 0.3) is 5.91 Å². The Morgan fingerprint density at radius 1 is 1.36 bits per heavy atom. The van der Waals surface area contributed by atoms with Gasteiger partial charge in [0.05, 0.1) is 12.8 Å². The zero-order chi connectivity index (χ0) is 18.1. The van der Waals surface area contributed by atoms with Crippen LogP contribution in [-0.2, 0) is 4.79 Å². The Labute approximate surface area is 156 Å². The number of hydrogen-bond acceptors (Lipinski definition) is 4. The maximum atomic E-state index is 14.0. The highest BCUT2D eigenvalue weighted by molar-refractivity contribution is 9.10. The van der Waals surface area contributed by atoms with Crippen molar-refractivity contribution in [2.75, 3.05) is 12.0 Å². The molecule has 0 saturated carbocycles. The molecule has 0 radical (unpaired) electrons. The predicted molar refractivity (Wildman–Crippen MR) is 100.0 cm³/mol. The molecule has 2 N–H and O–H groups in total. The van der Waals surface area contributed by atoms with Crippen LogP contribution < -0.4 is 15.0 Å². The molecule has 0 unspecified atom stereocenters. The molecular weight excluding hydrogens is 411 g/mol. The monoisotopic (exact) mass is 422 g/mol. The highest BCUT2D eigenvalue weighted by Gasteiger charge is 2.33. The highest BCUT2D eigenvalue weighted by atomic mass is 79.9. The molecule has 0 atom stereocenters. The molecule has 3 rings (SSSR count). The van der Waals surface area contributed by atoms with E-state index in [0.717, 1.165) is 4.90 Å². The number of para-hydroxylation sites is 1. The molecule has 1 saturated heterocycles. The van der Waals surface area contributed by atoms with Crippen molar-refractivity contribution in [1.29, 1.82) is 0 Å². The van der Waals surface area contributed by atoms with Crippen LogP contribution in [0.3, 0.4) is 0 Å². The summed E-state index contributed by atoms with van der Waals surface area (Å²) >= 11 is 8.48. The van der Waals surface area contributed by atoms with Crippen LogP contribution >= 0.6 is 28.1 Å². The summed E-state index contributed by atoms with van der Waals surface area (Å²) in [6.45, 7) is 0. The number of nitrogens with zero attached hydrogens (tertiary/aromatic N) is 1. The van der Waals surface area contributed by atoms with Crippen LogP contribution in [0.1, 0.15) is 5.56 Å². The third-order valence-corrected chi connectivity index (χ3v) is 4.54. The van der Waals surface area contributed by atoms with Gasteiger partial charge in [0.2, 0.25) is 0 Å². The molecule has 0 aliphatic carbocycles. The number of anilines is 1. The number of phenols is 1. The first-order chi connectivity index (χ1) is 11.9. The number of carbonyl (C=O) groups is 1. The number of methoxy groups -OCH3 is 1. The number of phenolic OH excluding ortho intramolecular Hbond substituents is 1. The van der Waals surface area contributed by atoms with Gasteiger partial charge in [-0.15, -0.1) is 0 Å².